The molecule has 0 fully saturated rings. The van der Waals surface area contributed by atoms with Gasteiger partial charge in [0.05, 0.1) is 11.0 Å². The number of fused-ring (bicyclic) bond motifs is 4. The summed E-state index contributed by atoms with van der Waals surface area (Å²) in [5.74, 6) is -0.995. The van der Waals surface area contributed by atoms with Crippen molar-refractivity contribution >= 4 is 38.5 Å². The van der Waals surface area contributed by atoms with Crippen LogP contribution in [0, 0.1) is 18.8 Å². The van der Waals surface area contributed by atoms with E-state index >= 15 is 0 Å². The lowest BCUT2D eigenvalue weighted by Gasteiger charge is -2.14. The van der Waals surface area contributed by atoms with Gasteiger partial charge in [0, 0.05) is 28.9 Å². The molecular formula is C25H18FN2O. The van der Waals surface area contributed by atoms with Gasteiger partial charge >= 0.3 is 0 Å². The van der Waals surface area contributed by atoms with Crippen molar-refractivity contribution in [3.8, 4) is 0 Å². The van der Waals surface area contributed by atoms with Crippen LogP contribution in [0.25, 0.3) is 32.6 Å². The molecule has 0 aliphatic heterocycles. The number of hydrogen-bond donors (Lipinski definition) is 1. The first kappa shape index (κ1) is 17.4. The van der Waals surface area contributed by atoms with E-state index in [9.17, 15) is 9.18 Å². The largest absolute Gasteiger partial charge is 0.366 e. The van der Waals surface area contributed by atoms with Crippen LogP contribution >= 0.6 is 0 Å². The van der Waals surface area contributed by atoms with Crippen molar-refractivity contribution in [3.05, 3.63) is 95.3 Å². The maximum Gasteiger partial charge on any atom is 0.249 e. The fraction of sp³-hybridized carbons (Fsp3) is 0.0800. The first-order chi connectivity index (χ1) is 14.0. The highest BCUT2D eigenvalue weighted by Gasteiger charge is 2.18. The quantitative estimate of drug-likeness (QED) is 0.450. The number of hydrogen-bond acceptors (Lipinski definition) is 1. The second-order valence-electron chi connectivity index (χ2n) is 7.30. The maximum absolute atomic E-state index is 14.0. The van der Waals surface area contributed by atoms with Gasteiger partial charge in [-0.2, -0.15) is 0 Å². The Morgan fingerprint density at radius 1 is 1.00 bits per heavy atom. The summed E-state index contributed by atoms with van der Waals surface area (Å²) >= 11 is 0. The monoisotopic (exact) mass is 381 g/mol. The van der Waals surface area contributed by atoms with Crippen LogP contribution in [0.5, 0.6) is 0 Å². The lowest BCUT2D eigenvalue weighted by Crippen LogP contribution is -2.11. The number of benzene rings is 4. The van der Waals surface area contributed by atoms with Crippen LogP contribution in [-0.4, -0.2) is 10.5 Å². The molecule has 3 nitrogen and oxygen atoms in total. The zero-order valence-corrected chi connectivity index (χ0v) is 15.9. The Bertz CT molecular complexity index is 1430. The smallest absolute Gasteiger partial charge is 0.249 e. The molecule has 1 heterocycles. The van der Waals surface area contributed by atoms with Crippen LogP contribution in [0.15, 0.2) is 66.7 Å². The van der Waals surface area contributed by atoms with Crippen molar-refractivity contribution in [2.24, 2.45) is 5.73 Å². The number of nitrogens with two attached hydrogens (primary N) is 1. The summed E-state index contributed by atoms with van der Waals surface area (Å²) in [4.78, 5) is 12.0. The number of aryl methyl sites for hydroxylation is 1. The number of aromatic nitrogens is 1. The number of rotatable bonds is 3. The lowest BCUT2D eigenvalue weighted by atomic mass is 9.99. The minimum atomic E-state index is -0.534. The van der Waals surface area contributed by atoms with Crippen molar-refractivity contribution in [1.29, 1.82) is 0 Å². The molecule has 2 N–H and O–H groups in total. The highest BCUT2D eigenvalue weighted by Crippen LogP contribution is 2.34. The van der Waals surface area contributed by atoms with Crippen molar-refractivity contribution in [3.63, 3.8) is 0 Å². The molecule has 5 aromatic rings. The van der Waals surface area contributed by atoms with E-state index < -0.39 is 11.7 Å². The van der Waals surface area contributed by atoms with Gasteiger partial charge in [-0.15, -0.1) is 0 Å². The van der Waals surface area contributed by atoms with E-state index in [1.54, 1.807) is 12.1 Å². The third-order valence-electron chi connectivity index (χ3n) is 5.62. The predicted octanol–water partition coefficient (Wildman–Crippen LogP) is 5.34. The number of halogens is 1. The van der Waals surface area contributed by atoms with Crippen molar-refractivity contribution in [2.75, 3.05) is 0 Å². The highest BCUT2D eigenvalue weighted by molar-refractivity contribution is 6.17. The molecule has 0 aliphatic carbocycles. The molecule has 0 saturated heterocycles. The minimum absolute atomic E-state index is 0.378. The van der Waals surface area contributed by atoms with Crippen molar-refractivity contribution < 1.29 is 9.18 Å². The summed E-state index contributed by atoms with van der Waals surface area (Å²) in [6.07, 6.45) is 0. The van der Waals surface area contributed by atoms with Crippen LogP contribution < -0.4 is 5.73 Å². The standard InChI is InChI=1S/C25H18FN2O/c1-15-9-10-16-5-2-3-6-18(16)21(15)14-28-22-12-11-17(26)13-20(22)24-19(25(27)29)7-4-8-23(24)28/h2-12H,14H2,1H3,(H2,27,29). The van der Waals surface area contributed by atoms with E-state index in [-0.39, 0.29) is 0 Å². The average molecular weight is 381 g/mol. The molecule has 4 aromatic carbocycles. The van der Waals surface area contributed by atoms with E-state index in [0.717, 1.165) is 11.0 Å². The fourth-order valence-electron chi connectivity index (χ4n) is 4.22. The van der Waals surface area contributed by atoms with Gasteiger partial charge in [0.2, 0.25) is 5.91 Å². The van der Waals surface area contributed by atoms with Gasteiger partial charge < -0.3 is 10.3 Å². The maximum atomic E-state index is 14.0. The van der Waals surface area contributed by atoms with Gasteiger partial charge in [-0.05, 0) is 53.1 Å². The molecule has 0 spiro atoms. The zero-order valence-electron chi connectivity index (χ0n) is 15.9. The summed E-state index contributed by atoms with van der Waals surface area (Å²) in [6.45, 7) is 2.69. The molecule has 0 unspecified atom stereocenters. The van der Waals surface area contributed by atoms with Crippen molar-refractivity contribution in [1.82, 2.24) is 4.57 Å². The molecule has 4 heteroatoms. The lowest BCUT2D eigenvalue weighted by molar-refractivity contribution is 0.100. The molecule has 141 valence electrons. The summed E-state index contributed by atoms with van der Waals surface area (Å²) in [7, 11) is 0. The van der Waals surface area contributed by atoms with E-state index in [2.05, 4.69) is 41.8 Å². The second-order valence-corrected chi connectivity index (χ2v) is 7.30. The Morgan fingerprint density at radius 3 is 2.66 bits per heavy atom. The molecule has 0 aliphatic rings. The molecule has 1 amide bonds. The van der Waals surface area contributed by atoms with Gasteiger partial charge in [-0.1, -0.05) is 42.5 Å². The fourth-order valence-corrected chi connectivity index (χ4v) is 4.22. The number of primary amides is 1. The third-order valence-corrected chi connectivity index (χ3v) is 5.62. The van der Waals surface area contributed by atoms with Crippen LogP contribution in [0.1, 0.15) is 21.5 Å². The third kappa shape index (κ3) is 2.68. The van der Waals surface area contributed by atoms with E-state index in [1.807, 2.05) is 24.3 Å². The van der Waals surface area contributed by atoms with Gasteiger partial charge in [0.15, 0.2) is 0 Å². The highest BCUT2D eigenvalue weighted by atomic mass is 19.1. The average Bonchev–Trinajstić information content (AvgIpc) is 3.03. The normalized spacial score (nSPS) is 11.5. The molecule has 29 heavy (non-hydrogen) atoms. The minimum Gasteiger partial charge on any atom is -0.366 e. The summed E-state index contributed by atoms with van der Waals surface area (Å²) in [5.41, 5.74) is 10.0. The first-order valence-corrected chi connectivity index (χ1v) is 9.44. The number of nitrogens with zero attached hydrogens (tertiary/aromatic N) is 1. The zero-order chi connectivity index (χ0) is 20.1. The Kier molecular flexibility index (Phi) is 3.88. The molecular weight excluding hydrogens is 363 g/mol. The second kappa shape index (κ2) is 6.45. The first-order valence-electron chi connectivity index (χ1n) is 9.44. The van der Waals surface area contributed by atoms with Gasteiger partial charge in [0.1, 0.15) is 5.82 Å². The van der Waals surface area contributed by atoms with Crippen LogP contribution in [-0.2, 0) is 6.54 Å². The van der Waals surface area contributed by atoms with Gasteiger partial charge in [-0.25, -0.2) is 4.39 Å². The number of carbonyl (C=O) groups is 1. The Labute approximate surface area is 167 Å². The molecule has 0 atom stereocenters. The topological polar surface area (TPSA) is 48.0 Å². The van der Waals surface area contributed by atoms with E-state index in [0.29, 0.717) is 22.9 Å². The van der Waals surface area contributed by atoms with E-state index in [4.69, 9.17) is 5.73 Å². The Hall–Kier alpha value is -3.66. The molecule has 1 aromatic heterocycles. The van der Waals surface area contributed by atoms with Gasteiger partial charge in [-0.3, -0.25) is 4.79 Å². The van der Waals surface area contributed by atoms with Crippen LogP contribution in [0.4, 0.5) is 4.39 Å². The van der Waals surface area contributed by atoms with Gasteiger partial charge in [0.25, 0.3) is 0 Å². The molecule has 0 saturated carbocycles. The summed E-state index contributed by atoms with van der Waals surface area (Å²) in [5, 5.41) is 3.57. The van der Waals surface area contributed by atoms with Crippen molar-refractivity contribution in [2.45, 2.75) is 13.5 Å². The molecule has 5 rings (SSSR count). The van der Waals surface area contributed by atoms with E-state index in [1.165, 1.54) is 28.0 Å². The molecule has 1 radical (unpaired) electrons. The Balaban J connectivity index is 1.86. The Morgan fingerprint density at radius 2 is 1.83 bits per heavy atom. The molecule has 0 bridgehead atoms. The van der Waals surface area contributed by atoms with Crippen LogP contribution in [0.3, 0.4) is 0 Å². The van der Waals surface area contributed by atoms with Crippen LogP contribution in [0.2, 0.25) is 0 Å². The SMILES string of the molecule is Cc1ccc2ccccc2c1Cn1c2ccc(F)[c]c2c2c(C(N)=O)cccc21. The summed E-state index contributed by atoms with van der Waals surface area (Å²) in [6, 6.07) is 23.9. The number of carbonyl (C=O) groups excluding carboxylic acids is 1. The predicted molar refractivity (Wildman–Crippen MR) is 115 cm³/mol. The number of amides is 1. The summed E-state index contributed by atoms with van der Waals surface area (Å²) < 4.78 is 16.1.